The Labute approximate surface area is 245 Å². The molecule has 14 heteroatoms. The molecule has 0 aliphatic carbocycles. The number of aromatic nitrogens is 4. The molecule has 0 spiro atoms. The maximum absolute atomic E-state index is 14.6. The van der Waals surface area contributed by atoms with Crippen molar-refractivity contribution in [3.63, 3.8) is 0 Å². The highest BCUT2D eigenvalue weighted by Gasteiger charge is 2.36. The van der Waals surface area contributed by atoms with Crippen LogP contribution in [0.1, 0.15) is 38.7 Å². The number of fused-ring (bicyclic) bond motifs is 6. The average Bonchev–Trinajstić information content (AvgIpc) is 3.41. The van der Waals surface area contributed by atoms with E-state index < -0.39 is 36.4 Å². The second-order valence-corrected chi connectivity index (χ2v) is 10.3. The predicted octanol–water partition coefficient (Wildman–Crippen LogP) is 1.68. The van der Waals surface area contributed by atoms with Crippen LogP contribution in [0.25, 0.3) is 5.78 Å². The van der Waals surface area contributed by atoms with Gasteiger partial charge in [-0.2, -0.15) is 0 Å². The van der Waals surface area contributed by atoms with Crippen molar-refractivity contribution in [3.05, 3.63) is 77.1 Å². The van der Waals surface area contributed by atoms with E-state index in [2.05, 4.69) is 25.8 Å². The van der Waals surface area contributed by atoms with Crippen molar-refractivity contribution in [2.24, 2.45) is 0 Å². The molecule has 2 aliphatic rings. The number of aryl methyl sites for hydroxylation is 1. The molecule has 2 aliphatic heterocycles. The molecule has 0 radical (unpaired) electrons. The fraction of sp³-hybridized carbons (Fsp3) is 0.310. The first-order chi connectivity index (χ1) is 20.8. The van der Waals surface area contributed by atoms with Crippen LogP contribution in [0.3, 0.4) is 0 Å². The monoisotopic (exact) mass is 589 g/mol. The van der Waals surface area contributed by atoms with Crippen molar-refractivity contribution < 1.29 is 33.0 Å². The number of hydrogen-bond acceptors (Lipinski definition) is 9. The third-order valence-corrected chi connectivity index (χ3v) is 7.25. The first-order valence-electron chi connectivity index (χ1n) is 13.6. The van der Waals surface area contributed by atoms with E-state index in [0.29, 0.717) is 23.5 Å². The van der Waals surface area contributed by atoms with E-state index in [-0.39, 0.29) is 48.4 Å². The highest BCUT2D eigenvalue weighted by Crippen LogP contribution is 2.29. The first kappa shape index (κ1) is 27.9. The van der Waals surface area contributed by atoms with Gasteiger partial charge >= 0.3 is 0 Å². The lowest BCUT2D eigenvalue weighted by atomic mass is 10.0. The van der Waals surface area contributed by atoms with Crippen molar-refractivity contribution in [1.29, 1.82) is 0 Å². The number of halogens is 1. The molecule has 1 fully saturated rings. The van der Waals surface area contributed by atoms with E-state index in [0.717, 1.165) is 5.69 Å². The second-order valence-electron chi connectivity index (χ2n) is 10.3. The lowest BCUT2D eigenvalue weighted by Crippen LogP contribution is -2.58. The molecule has 1 saturated heterocycles. The van der Waals surface area contributed by atoms with Crippen LogP contribution in [0.5, 0.6) is 17.2 Å². The number of ether oxygens (including phenoxy) is 3. The second kappa shape index (κ2) is 11.5. The smallest absolute Gasteiger partial charge is 0.292 e. The quantitative estimate of drug-likeness (QED) is 0.356. The van der Waals surface area contributed by atoms with Crippen LogP contribution in [0.15, 0.2) is 48.7 Å². The Bertz CT molecular complexity index is 1730. The van der Waals surface area contributed by atoms with Crippen LogP contribution in [0, 0.1) is 12.7 Å². The molecule has 222 valence electrons. The Morgan fingerprint density at radius 1 is 1.14 bits per heavy atom. The van der Waals surface area contributed by atoms with E-state index >= 15 is 0 Å². The summed E-state index contributed by atoms with van der Waals surface area (Å²) in [6.45, 7) is 1.82. The van der Waals surface area contributed by atoms with Crippen molar-refractivity contribution in [2.45, 2.75) is 32.0 Å². The lowest BCUT2D eigenvalue weighted by Gasteiger charge is -2.38. The van der Waals surface area contributed by atoms with E-state index in [1.54, 1.807) is 35.4 Å². The third kappa shape index (κ3) is 5.89. The summed E-state index contributed by atoms with van der Waals surface area (Å²) in [5.41, 5.74) is 1.49. The summed E-state index contributed by atoms with van der Waals surface area (Å²) in [5, 5.41) is 13.7. The summed E-state index contributed by atoms with van der Waals surface area (Å²) in [6.07, 6.45) is 1.39. The molecule has 3 amide bonds. The normalized spacial score (nSPS) is 19.0. The summed E-state index contributed by atoms with van der Waals surface area (Å²) in [4.78, 5) is 45.3. The van der Waals surface area contributed by atoms with Gasteiger partial charge in [-0.25, -0.2) is 9.37 Å². The molecule has 4 heterocycles. The SMILES string of the molecule is COc1ccc2cc1OCC(=O)N[C@@H]1CN(C(=O)c3nnc4nc(C)ccn34)CC[C@@H]1Oc1cc(F)cc(c1)CNC2=O. The van der Waals surface area contributed by atoms with Gasteiger partial charge in [-0.1, -0.05) is 0 Å². The highest BCUT2D eigenvalue weighted by molar-refractivity contribution is 5.95. The van der Waals surface area contributed by atoms with E-state index in [1.807, 2.05) is 6.92 Å². The molecule has 6 rings (SSSR count). The average molecular weight is 590 g/mol. The third-order valence-electron chi connectivity index (χ3n) is 7.25. The standard InChI is InChI=1S/C29H28FN7O6/c1-16-5-8-37-26(34-35-29(37)32-16)28(40)36-7-6-22-21(14-36)33-25(38)15-42-24-11-18(3-4-23(24)41-2)27(39)31-13-17-9-19(30)12-20(10-17)43-22/h3-5,8-12,21-22H,6-7,13-15H2,1-2H3,(H,31,39)(H,33,38)/t21-,22+/m1/s1. The van der Waals surface area contributed by atoms with Crippen molar-refractivity contribution in [3.8, 4) is 17.2 Å². The van der Waals surface area contributed by atoms with Gasteiger partial charge in [-0.05, 0) is 48.9 Å². The number of hydrogen-bond donors (Lipinski definition) is 2. The minimum atomic E-state index is -0.680. The predicted molar refractivity (Wildman–Crippen MR) is 148 cm³/mol. The van der Waals surface area contributed by atoms with E-state index in [1.165, 1.54) is 29.7 Å². The molecule has 2 N–H and O–H groups in total. The Hall–Kier alpha value is -5.27. The van der Waals surface area contributed by atoms with Crippen LogP contribution < -0.4 is 24.8 Å². The molecular weight excluding hydrogens is 561 g/mol. The number of carbonyl (C=O) groups excluding carboxylic acids is 3. The topological polar surface area (TPSA) is 149 Å². The summed E-state index contributed by atoms with van der Waals surface area (Å²) in [5.74, 6) is -0.694. The fourth-order valence-electron chi connectivity index (χ4n) is 5.13. The van der Waals surface area contributed by atoms with Gasteiger partial charge in [0.05, 0.1) is 13.2 Å². The van der Waals surface area contributed by atoms with Crippen LogP contribution in [-0.4, -0.2) is 81.2 Å². The number of carbonyl (C=O) groups is 3. The highest BCUT2D eigenvalue weighted by atomic mass is 19.1. The van der Waals surface area contributed by atoms with Gasteiger partial charge in [0.15, 0.2) is 18.1 Å². The zero-order valence-corrected chi connectivity index (χ0v) is 23.4. The number of nitrogens with one attached hydrogen (secondary N) is 2. The molecule has 43 heavy (non-hydrogen) atoms. The van der Waals surface area contributed by atoms with Gasteiger partial charge in [0, 0.05) is 49.6 Å². The minimum absolute atomic E-state index is 0.0446. The van der Waals surface area contributed by atoms with E-state index in [4.69, 9.17) is 14.2 Å². The first-order valence-corrected chi connectivity index (χ1v) is 13.6. The fourth-order valence-corrected chi connectivity index (χ4v) is 5.13. The summed E-state index contributed by atoms with van der Waals surface area (Å²) in [6, 6.07) is 9.82. The van der Waals surface area contributed by atoms with Gasteiger partial charge < -0.3 is 29.7 Å². The minimum Gasteiger partial charge on any atom is -0.493 e. The zero-order valence-electron chi connectivity index (χ0n) is 23.4. The number of benzene rings is 2. The van der Waals surface area contributed by atoms with Gasteiger partial charge in [0.25, 0.3) is 23.5 Å². The Kier molecular flexibility index (Phi) is 7.49. The van der Waals surface area contributed by atoms with Gasteiger partial charge in [-0.15, -0.1) is 10.2 Å². The molecule has 0 saturated carbocycles. The lowest BCUT2D eigenvalue weighted by molar-refractivity contribution is -0.125. The Morgan fingerprint density at radius 2 is 2.00 bits per heavy atom. The Morgan fingerprint density at radius 3 is 2.84 bits per heavy atom. The van der Waals surface area contributed by atoms with E-state index in [9.17, 15) is 18.8 Å². The Balaban J connectivity index is 1.29. The van der Waals surface area contributed by atoms with Crippen LogP contribution in [0.4, 0.5) is 4.39 Å². The molecule has 0 unspecified atom stereocenters. The van der Waals surface area contributed by atoms with Crippen molar-refractivity contribution in [1.82, 2.24) is 35.1 Å². The molecule has 4 aromatic rings. The molecule has 2 atom stereocenters. The number of piperidine rings is 1. The maximum atomic E-state index is 14.6. The molecule has 4 bridgehead atoms. The summed E-state index contributed by atoms with van der Waals surface area (Å²) >= 11 is 0. The van der Waals surface area contributed by atoms with Gasteiger partial charge in [0.2, 0.25) is 5.82 Å². The van der Waals surface area contributed by atoms with Crippen LogP contribution in [0.2, 0.25) is 0 Å². The van der Waals surface area contributed by atoms with Gasteiger partial charge in [-0.3, -0.25) is 18.8 Å². The van der Waals surface area contributed by atoms with Crippen LogP contribution >= 0.6 is 0 Å². The van der Waals surface area contributed by atoms with Crippen molar-refractivity contribution >= 4 is 23.5 Å². The number of amides is 3. The largest absolute Gasteiger partial charge is 0.493 e. The van der Waals surface area contributed by atoms with Crippen LogP contribution in [-0.2, 0) is 11.3 Å². The molecular formula is C29H28FN7O6. The van der Waals surface area contributed by atoms with Crippen molar-refractivity contribution in [2.75, 3.05) is 26.8 Å². The number of rotatable bonds is 2. The number of likely N-dealkylation sites (tertiary alicyclic amines) is 1. The summed E-state index contributed by atoms with van der Waals surface area (Å²) in [7, 11) is 1.45. The maximum Gasteiger partial charge on any atom is 0.292 e. The number of methoxy groups -OCH3 is 1. The molecule has 2 aromatic heterocycles. The van der Waals surface area contributed by atoms with Gasteiger partial charge in [0.1, 0.15) is 17.7 Å². The summed E-state index contributed by atoms with van der Waals surface area (Å²) < 4.78 is 33.4. The molecule has 13 nitrogen and oxygen atoms in total. The zero-order chi connectivity index (χ0) is 30.1. The number of nitrogens with zero attached hydrogens (tertiary/aromatic N) is 5. The molecule has 2 aromatic carbocycles.